The van der Waals surface area contributed by atoms with Crippen LogP contribution in [0, 0.1) is 5.82 Å². The molecule has 3 rings (SSSR count). The molecule has 1 saturated heterocycles. The number of anilines is 1. The van der Waals surface area contributed by atoms with Gasteiger partial charge >= 0.3 is 0 Å². The van der Waals surface area contributed by atoms with Gasteiger partial charge in [-0.25, -0.2) is 4.39 Å². The molecule has 1 fully saturated rings. The first-order chi connectivity index (χ1) is 11.1. The highest BCUT2D eigenvalue weighted by Gasteiger charge is 2.38. The number of benzene rings is 1. The molecule has 1 aromatic heterocycles. The smallest absolute Gasteiger partial charge is 0.123 e. The lowest BCUT2D eigenvalue weighted by atomic mass is 9.88. The van der Waals surface area contributed by atoms with Crippen LogP contribution >= 0.6 is 23.2 Å². The number of alkyl halides is 2. The van der Waals surface area contributed by atoms with Crippen molar-refractivity contribution < 1.29 is 9.13 Å². The van der Waals surface area contributed by atoms with Crippen LogP contribution in [-0.2, 0) is 0 Å². The van der Waals surface area contributed by atoms with Crippen molar-refractivity contribution in [1.82, 2.24) is 4.98 Å². The Morgan fingerprint density at radius 2 is 1.96 bits per heavy atom. The van der Waals surface area contributed by atoms with Gasteiger partial charge in [0.15, 0.2) is 0 Å². The van der Waals surface area contributed by atoms with Crippen LogP contribution in [-0.4, -0.2) is 29.5 Å². The fourth-order valence-corrected chi connectivity index (χ4v) is 3.84. The van der Waals surface area contributed by atoms with Crippen molar-refractivity contribution in [2.75, 3.05) is 18.6 Å². The molecule has 2 aromatic rings. The summed E-state index contributed by atoms with van der Waals surface area (Å²) < 4.78 is 19.0. The van der Waals surface area contributed by atoms with E-state index in [2.05, 4.69) is 4.98 Å². The van der Waals surface area contributed by atoms with E-state index in [1.165, 1.54) is 12.1 Å². The summed E-state index contributed by atoms with van der Waals surface area (Å²) >= 11 is 13.2. The number of nitrogens with zero attached hydrogens (tertiary/aromatic N) is 2. The zero-order valence-electron chi connectivity index (χ0n) is 12.6. The monoisotopic (exact) mass is 354 g/mol. The van der Waals surface area contributed by atoms with Gasteiger partial charge in [0.2, 0.25) is 0 Å². The van der Waals surface area contributed by atoms with Gasteiger partial charge in [0.25, 0.3) is 0 Å². The summed E-state index contributed by atoms with van der Waals surface area (Å²) in [6.07, 6.45) is 4.22. The van der Waals surface area contributed by atoms with Crippen molar-refractivity contribution in [1.29, 1.82) is 0 Å². The van der Waals surface area contributed by atoms with Crippen LogP contribution in [0.5, 0.6) is 5.75 Å². The van der Waals surface area contributed by atoms with E-state index >= 15 is 0 Å². The molecule has 0 aliphatic carbocycles. The van der Waals surface area contributed by atoms with E-state index in [9.17, 15) is 4.39 Å². The number of hydrogen-bond acceptors (Lipinski definition) is 3. The van der Waals surface area contributed by atoms with Gasteiger partial charge in [0.1, 0.15) is 17.1 Å². The van der Waals surface area contributed by atoms with E-state index in [-0.39, 0.29) is 17.1 Å². The van der Waals surface area contributed by atoms with Crippen molar-refractivity contribution in [3.05, 3.63) is 54.1 Å². The van der Waals surface area contributed by atoms with Crippen molar-refractivity contribution in [3.63, 3.8) is 0 Å². The minimum atomic E-state index is -0.397. The van der Waals surface area contributed by atoms with E-state index in [1.54, 1.807) is 25.6 Å². The van der Waals surface area contributed by atoms with Crippen LogP contribution in [0.15, 0.2) is 42.7 Å². The third-order valence-electron chi connectivity index (χ3n) is 4.21. The molecule has 1 aromatic carbocycles. The topological polar surface area (TPSA) is 25.4 Å². The van der Waals surface area contributed by atoms with Gasteiger partial charge in [-0.05, 0) is 36.8 Å². The SMILES string of the molecule is COc1ccc(F)cc1C1CCN(c2ccncc2)C(Cl)C1Cl. The van der Waals surface area contributed by atoms with Crippen LogP contribution in [0.25, 0.3) is 0 Å². The van der Waals surface area contributed by atoms with E-state index in [0.717, 1.165) is 24.2 Å². The van der Waals surface area contributed by atoms with Gasteiger partial charge in [-0.15, -0.1) is 11.6 Å². The molecule has 3 nitrogen and oxygen atoms in total. The van der Waals surface area contributed by atoms with Gasteiger partial charge in [-0.1, -0.05) is 11.6 Å². The second-order valence-corrected chi connectivity index (χ2v) is 6.45. The Kier molecular flexibility index (Phi) is 4.93. The summed E-state index contributed by atoms with van der Waals surface area (Å²) in [5.74, 6) is 0.276. The van der Waals surface area contributed by atoms with Gasteiger partial charge in [0.05, 0.1) is 12.5 Å². The lowest BCUT2D eigenvalue weighted by molar-refractivity contribution is 0.394. The molecular weight excluding hydrogens is 338 g/mol. The third-order valence-corrected chi connectivity index (χ3v) is 5.39. The maximum absolute atomic E-state index is 13.7. The minimum Gasteiger partial charge on any atom is -0.496 e. The highest BCUT2D eigenvalue weighted by molar-refractivity contribution is 6.31. The van der Waals surface area contributed by atoms with Gasteiger partial charge < -0.3 is 9.64 Å². The Bertz CT molecular complexity index is 671. The molecule has 0 radical (unpaired) electrons. The molecule has 23 heavy (non-hydrogen) atoms. The molecule has 0 bridgehead atoms. The Hall–Kier alpha value is -1.52. The number of piperidine rings is 1. The molecule has 1 aliphatic rings. The molecule has 2 heterocycles. The second-order valence-electron chi connectivity index (χ2n) is 5.50. The first kappa shape index (κ1) is 16.3. The number of hydrogen-bond donors (Lipinski definition) is 0. The van der Waals surface area contributed by atoms with E-state index in [1.807, 2.05) is 17.0 Å². The molecule has 3 atom stereocenters. The van der Waals surface area contributed by atoms with Crippen LogP contribution in [0.1, 0.15) is 17.9 Å². The minimum absolute atomic E-state index is 0.0668. The molecule has 0 N–H and O–H groups in total. The summed E-state index contributed by atoms with van der Waals surface area (Å²) in [5.41, 5.74) is 1.36. The van der Waals surface area contributed by atoms with Crippen LogP contribution < -0.4 is 9.64 Å². The summed E-state index contributed by atoms with van der Waals surface area (Å²) in [4.78, 5) is 6.06. The largest absolute Gasteiger partial charge is 0.496 e. The molecule has 0 amide bonds. The molecule has 6 heteroatoms. The maximum Gasteiger partial charge on any atom is 0.123 e. The van der Waals surface area contributed by atoms with Crippen molar-refractivity contribution in [3.8, 4) is 5.75 Å². The van der Waals surface area contributed by atoms with Crippen LogP contribution in [0.3, 0.4) is 0 Å². The highest BCUT2D eigenvalue weighted by atomic mass is 35.5. The average Bonchev–Trinajstić information content (AvgIpc) is 2.58. The lowest BCUT2D eigenvalue weighted by Crippen LogP contribution is -2.46. The molecule has 3 unspecified atom stereocenters. The van der Waals surface area contributed by atoms with Crippen molar-refractivity contribution in [2.45, 2.75) is 23.2 Å². The first-order valence-electron chi connectivity index (χ1n) is 7.40. The molecule has 1 aliphatic heterocycles. The number of halogens is 3. The summed E-state index contributed by atoms with van der Waals surface area (Å²) in [7, 11) is 1.57. The second kappa shape index (κ2) is 6.93. The average molecular weight is 355 g/mol. The summed E-state index contributed by atoms with van der Waals surface area (Å²) in [6.45, 7) is 0.728. The number of methoxy groups -OCH3 is 1. The Morgan fingerprint density at radius 1 is 1.22 bits per heavy atom. The van der Waals surface area contributed by atoms with Crippen molar-refractivity contribution in [2.24, 2.45) is 0 Å². The van der Waals surface area contributed by atoms with E-state index in [4.69, 9.17) is 27.9 Å². The van der Waals surface area contributed by atoms with Crippen molar-refractivity contribution >= 4 is 28.9 Å². The predicted octanol–water partition coefficient (Wildman–Crippen LogP) is 4.40. The lowest BCUT2D eigenvalue weighted by Gasteiger charge is -2.41. The van der Waals surface area contributed by atoms with E-state index in [0.29, 0.717) is 5.75 Å². The predicted molar refractivity (Wildman–Crippen MR) is 91.2 cm³/mol. The fourth-order valence-electron chi connectivity index (χ4n) is 3.05. The zero-order chi connectivity index (χ0) is 16.4. The van der Waals surface area contributed by atoms with Gasteiger partial charge in [-0.2, -0.15) is 0 Å². The number of pyridine rings is 1. The quantitative estimate of drug-likeness (QED) is 0.603. The van der Waals surface area contributed by atoms with Crippen LogP contribution in [0.4, 0.5) is 10.1 Å². The number of ether oxygens (including phenoxy) is 1. The standard InChI is InChI=1S/C17H17Cl2FN2O/c1-23-15-3-2-11(20)10-14(15)13-6-9-22(17(19)16(13)18)12-4-7-21-8-5-12/h2-5,7-8,10,13,16-17H,6,9H2,1H3. The van der Waals surface area contributed by atoms with Gasteiger partial charge in [0, 0.05) is 36.1 Å². The van der Waals surface area contributed by atoms with Gasteiger partial charge in [-0.3, -0.25) is 4.98 Å². The molecular formula is C17H17Cl2FN2O. The number of rotatable bonds is 3. The summed E-state index contributed by atoms with van der Waals surface area (Å²) in [6, 6.07) is 8.32. The van der Waals surface area contributed by atoms with E-state index < -0.39 is 5.50 Å². The highest BCUT2D eigenvalue weighted by Crippen LogP contribution is 2.42. The fraction of sp³-hybridized carbons (Fsp3) is 0.353. The Balaban J connectivity index is 1.87. The summed E-state index contributed by atoms with van der Waals surface area (Å²) in [5, 5.41) is -0.366. The zero-order valence-corrected chi connectivity index (χ0v) is 14.1. The van der Waals surface area contributed by atoms with Crippen LogP contribution in [0.2, 0.25) is 0 Å². The normalized spacial score (nSPS) is 24.5. The Morgan fingerprint density at radius 3 is 2.65 bits per heavy atom. The molecule has 0 spiro atoms. The maximum atomic E-state index is 13.7. The Labute approximate surface area is 145 Å². The molecule has 122 valence electrons. The number of aromatic nitrogens is 1. The molecule has 0 saturated carbocycles. The first-order valence-corrected chi connectivity index (χ1v) is 8.27. The third kappa shape index (κ3) is 3.24.